The lowest BCUT2D eigenvalue weighted by Crippen LogP contribution is -2.53. The number of β-amino-alcohol motifs (C(OH)–C–C–N with tert-alkyl or cyclic N) is 1. The molecule has 0 bridgehead atoms. The van der Waals surface area contributed by atoms with Crippen molar-refractivity contribution in [1.82, 2.24) is 10.2 Å². The summed E-state index contributed by atoms with van der Waals surface area (Å²) in [5.74, 6) is -1.96. The number of aliphatic hydroxyl groups excluding tert-OH is 1. The van der Waals surface area contributed by atoms with E-state index < -0.39 is 23.3 Å². The van der Waals surface area contributed by atoms with E-state index in [1.165, 1.54) is 13.0 Å². The number of rotatable bonds is 5. The molecule has 2 aromatic carbocycles. The second kappa shape index (κ2) is 8.15. The Kier molecular flexibility index (Phi) is 5.87. The van der Waals surface area contributed by atoms with Crippen LogP contribution in [0.25, 0.3) is 0 Å². The van der Waals surface area contributed by atoms with Crippen molar-refractivity contribution in [2.24, 2.45) is 0 Å². The largest absolute Gasteiger partial charge is 0.387 e. The molecule has 1 aliphatic rings. The number of hydrogen-bond donors (Lipinski definition) is 2. The standard InChI is InChI=1S/C21H24F2N2O2/c1-15(26)24-21(17-5-3-2-4-6-17)9-11-25(12-10-21)14-20(27)16-7-8-18(22)19(23)13-16/h2-8,13,20,27H,9-12,14H2,1H3,(H,24,26)/t20-/m0/s1. The molecule has 0 aromatic heterocycles. The minimum atomic E-state index is -0.959. The van der Waals surface area contributed by atoms with Gasteiger partial charge in [-0.15, -0.1) is 0 Å². The number of carbonyl (C=O) groups excluding carboxylic acids is 1. The molecule has 4 nitrogen and oxygen atoms in total. The molecule has 2 aromatic rings. The number of piperidine rings is 1. The molecule has 0 radical (unpaired) electrons. The highest BCUT2D eigenvalue weighted by atomic mass is 19.2. The van der Waals surface area contributed by atoms with Crippen LogP contribution in [0.3, 0.4) is 0 Å². The molecule has 1 heterocycles. The zero-order valence-corrected chi connectivity index (χ0v) is 15.3. The number of amides is 1. The summed E-state index contributed by atoms with van der Waals surface area (Å²) in [6, 6.07) is 13.4. The highest BCUT2D eigenvalue weighted by Gasteiger charge is 2.37. The number of aliphatic hydroxyl groups is 1. The summed E-state index contributed by atoms with van der Waals surface area (Å²) in [4.78, 5) is 13.8. The Morgan fingerprint density at radius 1 is 1.15 bits per heavy atom. The third-order valence-electron chi connectivity index (χ3n) is 5.21. The van der Waals surface area contributed by atoms with E-state index in [0.29, 0.717) is 38.0 Å². The monoisotopic (exact) mass is 374 g/mol. The first-order valence-corrected chi connectivity index (χ1v) is 9.09. The average molecular weight is 374 g/mol. The molecule has 1 fully saturated rings. The molecule has 27 heavy (non-hydrogen) atoms. The molecule has 1 aliphatic heterocycles. The molecular formula is C21H24F2N2O2. The number of likely N-dealkylation sites (tertiary alicyclic amines) is 1. The van der Waals surface area contributed by atoms with Crippen molar-refractivity contribution in [2.75, 3.05) is 19.6 Å². The normalized spacial score (nSPS) is 18.1. The summed E-state index contributed by atoms with van der Waals surface area (Å²) >= 11 is 0. The third-order valence-corrected chi connectivity index (χ3v) is 5.21. The maximum absolute atomic E-state index is 13.4. The van der Waals surface area contributed by atoms with E-state index >= 15 is 0 Å². The van der Waals surface area contributed by atoms with Gasteiger partial charge in [-0.2, -0.15) is 0 Å². The Balaban J connectivity index is 1.67. The molecule has 6 heteroatoms. The zero-order valence-electron chi connectivity index (χ0n) is 15.3. The number of carbonyl (C=O) groups is 1. The van der Waals surface area contributed by atoms with Crippen LogP contribution in [-0.4, -0.2) is 35.5 Å². The van der Waals surface area contributed by atoms with Crippen molar-refractivity contribution < 1.29 is 18.7 Å². The second-order valence-electron chi connectivity index (χ2n) is 7.12. The van der Waals surface area contributed by atoms with Gasteiger partial charge in [0.1, 0.15) is 0 Å². The van der Waals surface area contributed by atoms with Gasteiger partial charge >= 0.3 is 0 Å². The number of halogens is 2. The van der Waals surface area contributed by atoms with E-state index in [9.17, 15) is 18.7 Å². The lowest BCUT2D eigenvalue weighted by Gasteiger charge is -2.43. The fourth-order valence-electron chi connectivity index (χ4n) is 3.77. The van der Waals surface area contributed by atoms with Crippen LogP contribution < -0.4 is 5.32 Å². The predicted molar refractivity (Wildman–Crippen MR) is 98.9 cm³/mol. The van der Waals surface area contributed by atoms with Crippen LogP contribution >= 0.6 is 0 Å². The van der Waals surface area contributed by atoms with E-state index in [1.807, 2.05) is 30.3 Å². The maximum atomic E-state index is 13.4. The van der Waals surface area contributed by atoms with Crippen LogP contribution in [0.1, 0.15) is 37.0 Å². The molecule has 0 saturated carbocycles. The Morgan fingerprint density at radius 2 is 1.81 bits per heavy atom. The van der Waals surface area contributed by atoms with Crippen molar-refractivity contribution in [1.29, 1.82) is 0 Å². The van der Waals surface area contributed by atoms with Gasteiger partial charge in [-0.3, -0.25) is 4.79 Å². The second-order valence-corrected chi connectivity index (χ2v) is 7.12. The molecule has 3 rings (SSSR count). The van der Waals surface area contributed by atoms with E-state index in [0.717, 1.165) is 17.7 Å². The van der Waals surface area contributed by atoms with Crippen LogP contribution in [0.4, 0.5) is 8.78 Å². The quantitative estimate of drug-likeness (QED) is 0.846. The van der Waals surface area contributed by atoms with Crippen molar-refractivity contribution >= 4 is 5.91 Å². The molecular weight excluding hydrogens is 350 g/mol. The van der Waals surface area contributed by atoms with Crippen LogP contribution in [0.2, 0.25) is 0 Å². The van der Waals surface area contributed by atoms with Crippen LogP contribution in [0.5, 0.6) is 0 Å². The van der Waals surface area contributed by atoms with Gasteiger partial charge in [-0.05, 0) is 36.1 Å². The molecule has 144 valence electrons. The average Bonchev–Trinajstić information content (AvgIpc) is 2.66. The number of benzene rings is 2. The van der Waals surface area contributed by atoms with E-state index in [2.05, 4.69) is 10.2 Å². The van der Waals surface area contributed by atoms with E-state index in [-0.39, 0.29) is 5.91 Å². The summed E-state index contributed by atoms with van der Waals surface area (Å²) in [6.07, 6.45) is 0.521. The van der Waals surface area contributed by atoms with Crippen LogP contribution in [0, 0.1) is 11.6 Å². The Morgan fingerprint density at radius 3 is 2.41 bits per heavy atom. The first kappa shape index (κ1) is 19.5. The van der Waals surface area contributed by atoms with E-state index in [1.54, 1.807) is 0 Å². The lowest BCUT2D eigenvalue weighted by atomic mass is 9.80. The number of hydrogen-bond acceptors (Lipinski definition) is 3. The fourth-order valence-corrected chi connectivity index (χ4v) is 3.77. The van der Waals surface area contributed by atoms with Gasteiger partial charge in [0, 0.05) is 26.6 Å². The molecule has 1 saturated heterocycles. The van der Waals surface area contributed by atoms with Crippen molar-refractivity contribution in [3.8, 4) is 0 Å². The number of nitrogens with one attached hydrogen (secondary N) is 1. The molecule has 0 spiro atoms. The topological polar surface area (TPSA) is 52.6 Å². The van der Waals surface area contributed by atoms with Gasteiger partial charge in [0.15, 0.2) is 11.6 Å². The predicted octanol–water partition coefficient (Wildman–Crippen LogP) is 3.13. The molecule has 1 atom stereocenters. The smallest absolute Gasteiger partial charge is 0.217 e. The third kappa shape index (κ3) is 4.51. The van der Waals surface area contributed by atoms with E-state index in [4.69, 9.17) is 0 Å². The number of nitrogens with zero attached hydrogens (tertiary/aromatic N) is 1. The molecule has 0 unspecified atom stereocenters. The lowest BCUT2D eigenvalue weighted by molar-refractivity contribution is -0.121. The fraction of sp³-hybridized carbons (Fsp3) is 0.381. The van der Waals surface area contributed by atoms with Crippen molar-refractivity contribution in [3.63, 3.8) is 0 Å². The van der Waals surface area contributed by atoms with Gasteiger partial charge in [-0.25, -0.2) is 8.78 Å². The van der Waals surface area contributed by atoms with Gasteiger partial charge in [-0.1, -0.05) is 36.4 Å². The summed E-state index contributed by atoms with van der Waals surface area (Å²) in [5.41, 5.74) is 1.01. The molecule has 0 aliphatic carbocycles. The van der Waals surface area contributed by atoms with Crippen LogP contribution in [0.15, 0.2) is 48.5 Å². The first-order valence-electron chi connectivity index (χ1n) is 9.09. The summed E-state index contributed by atoms with van der Waals surface area (Å²) in [5, 5.41) is 13.5. The van der Waals surface area contributed by atoms with Gasteiger partial charge < -0.3 is 15.3 Å². The van der Waals surface area contributed by atoms with Gasteiger partial charge in [0.2, 0.25) is 5.91 Å². The minimum Gasteiger partial charge on any atom is -0.387 e. The van der Waals surface area contributed by atoms with Gasteiger partial charge in [0.05, 0.1) is 11.6 Å². The Labute approximate surface area is 157 Å². The highest BCUT2D eigenvalue weighted by Crippen LogP contribution is 2.33. The maximum Gasteiger partial charge on any atom is 0.217 e. The highest BCUT2D eigenvalue weighted by molar-refractivity contribution is 5.74. The minimum absolute atomic E-state index is 0.0749. The Hall–Kier alpha value is -2.31. The van der Waals surface area contributed by atoms with Crippen molar-refractivity contribution in [3.05, 3.63) is 71.3 Å². The zero-order chi connectivity index (χ0) is 19.4. The molecule has 1 amide bonds. The summed E-state index contributed by atoms with van der Waals surface area (Å²) in [7, 11) is 0. The summed E-state index contributed by atoms with van der Waals surface area (Å²) < 4.78 is 26.5. The Bertz CT molecular complexity index is 790. The SMILES string of the molecule is CC(=O)NC1(c2ccccc2)CCN(C[C@H](O)c2ccc(F)c(F)c2)CC1. The molecule has 2 N–H and O–H groups in total. The van der Waals surface area contributed by atoms with Crippen LogP contribution in [-0.2, 0) is 10.3 Å². The van der Waals surface area contributed by atoms with Gasteiger partial charge in [0.25, 0.3) is 0 Å². The van der Waals surface area contributed by atoms with Crippen molar-refractivity contribution in [2.45, 2.75) is 31.4 Å². The summed E-state index contributed by atoms with van der Waals surface area (Å²) in [6.45, 7) is 3.20. The first-order chi connectivity index (χ1) is 12.9.